The van der Waals surface area contributed by atoms with Crippen molar-refractivity contribution in [1.82, 2.24) is 5.32 Å². The van der Waals surface area contributed by atoms with Gasteiger partial charge in [-0.1, -0.05) is 34.6 Å². The molecular weight excluding hydrogens is 158 g/mol. The van der Waals surface area contributed by atoms with Crippen molar-refractivity contribution in [3.05, 3.63) is 0 Å². The lowest BCUT2D eigenvalue weighted by molar-refractivity contribution is 0.121. The first-order valence-corrected chi connectivity index (χ1v) is 5.66. The molecule has 0 saturated carbocycles. The molecule has 1 heteroatoms. The molecule has 0 spiro atoms. The largest absolute Gasteiger partial charge is 0.313 e. The Bertz CT molecular complexity index is 155. The van der Waals surface area contributed by atoms with Gasteiger partial charge in [-0.15, -0.1) is 0 Å². The van der Waals surface area contributed by atoms with Crippen LogP contribution in [-0.4, -0.2) is 12.6 Å². The topological polar surface area (TPSA) is 12.0 Å². The average molecular weight is 183 g/mol. The van der Waals surface area contributed by atoms with Gasteiger partial charge in [-0.3, -0.25) is 0 Å². The van der Waals surface area contributed by atoms with E-state index in [0.717, 1.165) is 11.8 Å². The predicted molar refractivity (Wildman–Crippen MR) is 58.8 cm³/mol. The maximum absolute atomic E-state index is 3.69. The van der Waals surface area contributed by atoms with Gasteiger partial charge in [-0.05, 0) is 36.6 Å². The van der Waals surface area contributed by atoms with E-state index in [0.29, 0.717) is 11.5 Å². The molecule has 0 aromatic carbocycles. The molecule has 1 heterocycles. The average Bonchev–Trinajstić information content (AvgIpc) is 2.03. The van der Waals surface area contributed by atoms with Crippen molar-refractivity contribution < 1.29 is 0 Å². The third-order valence-electron chi connectivity index (χ3n) is 3.30. The number of nitrogens with one attached hydrogen (secondary N) is 1. The monoisotopic (exact) mass is 183 g/mol. The third kappa shape index (κ3) is 2.70. The van der Waals surface area contributed by atoms with Gasteiger partial charge < -0.3 is 5.32 Å². The Hall–Kier alpha value is -0.0400. The van der Waals surface area contributed by atoms with Crippen LogP contribution in [0.2, 0.25) is 0 Å². The van der Waals surface area contributed by atoms with Crippen LogP contribution < -0.4 is 5.32 Å². The van der Waals surface area contributed by atoms with Crippen LogP contribution in [0.4, 0.5) is 0 Å². The van der Waals surface area contributed by atoms with E-state index >= 15 is 0 Å². The Morgan fingerprint density at radius 3 is 2.23 bits per heavy atom. The zero-order valence-electron chi connectivity index (χ0n) is 9.85. The molecule has 1 saturated heterocycles. The van der Waals surface area contributed by atoms with E-state index in [1.165, 1.54) is 19.4 Å². The minimum absolute atomic E-state index is 0.412. The van der Waals surface area contributed by atoms with Crippen molar-refractivity contribution in [2.45, 2.75) is 53.5 Å². The minimum atomic E-state index is 0.412. The number of piperidine rings is 1. The molecule has 1 aliphatic heterocycles. The summed E-state index contributed by atoms with van der Waals surface area (Å²) in [4.78, 5) is 0. The standard InChI is InChI=1S/C12H25N/c1-9(2)10-7-6-8-13-11(10)12(3,4)5/h9-11,13H,6-8H2,1-5H3. The maximum Gasteiger partial charge on any atom is 0.0146 e. The third-order valence-corrected chi connectivity index (χ3v) is 3.30. The molecular formula is C12H25N. The summed E-state index contributed by atoms with van der Waals surface area (Å²) in [6.07, 6.45) is 2.77. The molecule has 0 bridgehead atoms. The summed E-state index contributed by atoms with van der Waals surface area (Å²) in [5.41, 5.74) is 0.412. The smallest absolute Gasteiger partial charge is 0.0146 e. The fourth-order valence-electron chi connectivity index (χ4n) is 2.58. The Balaban J connectivity index is 2.67. The van der Waals surface area contributed by atoms with E-state index in [1.54, 1.807) is 0 Å². The summed E-state index contributed by atoms with van der Waals surface area (Å²) < 4.78 is 0. The zero-order chi connectivity index (χ0) is 10.1. The summed E-state index contributed by atoms with van der Waals surface area (Å²) >= 11 is 0. The van der Waals surface area contributed by atoms with E-state index < -0.39 is 0 Å². The minimum Gasteiger partial charge on any atom is -0.313 e. The summed E-state index contributed by atoms with van der Waals surface area (Å²) in [5, 5.41) is 3.69. The molecule has 0 aromatic heterocycles. The van der Waals surface area contributed by atoms with Gasteiger partial charge in [0.25, 0.3) is 0 Å². The van der Waals surface area contributed by atoms with Crippen molar-refractivity contribution >= 4 is 0 Å². The van der Waals surface area contributed by atoms with Gasteiger partial charge in [0, 0.05) is 6.04 Å². The van der Waals surface area contributed by atoms with Crippen LogP contribution in [0.25, 0.3) is 0 Å². The highest BCUT2D eigenvalue weighted by atomic mass is 14.9. The van der Waals surface area contributed by atoms with Gasteiger partial charge in [0.15, 0.2) is 0 Å². The molecule has 2 unspecified atom stereocenters. The van der Waals surface area contributed by atoms with E-state index in [1.807, 2.05) is 0 Å². The van der Waals surface area contributed by atoms with Gasteiger partial charge >= 0.3 is 0 Å². The van der Waals surface area contributed by atoms with Crippen LogP contribution in [0.15, 0.2) is 0 Å². The molecule has 1 aliphatic rings. The fourth-order valence-corrected chi connectivity index (χ4v) is 2.58. The molecule has 78 valence electrons. The molecule has 0 amide bonds. The van der Waals surface area contributed by atoms with E-state index in [-0.39, 0.29) is 0 Å². The number of hydrogen-bond donors (Lipinski definition) is 1. The normalized spacial score (nSPS) is 30.9. The summed E-state index contributed by atoms with van der Waals surface area (Å²) in [6.45, 7) is 13.0. The van der Waals surface area contributed by atoms with Gasteiger partial charge in [-0.2, -0.15) is 0 Å². The number of rotatable bonds is 1. The second-order valence-corrected chi connectivity index (χ2v) is 5.85. The van der Waals surface area contributed by atoms with Gasteiger partial charge in [0.2, 0.25) is 0 Å². The van der Waals surface area contributed by atoms with Crippen LogP contribution >= 0.6 is 0 Å². The van der Waals surface area contributed by atoms with Crippen molar-refractivity contribution in [2.24, 2.45) is 17.3 Å². The molecule has 1 fully saturated rings. The van der Waals surface area contributed by atoms with Crippen LogP contribution in [0.3, 0.4) is 0 Å². The SMILES string of the molecule is CC(C)C1CCCNC1C(C)(C)C. The predicted octanol–water partition coefficient (Wildman–Crippen LogP) is 3.06. The lowest BCUT2D eigenvalue weighted by atomic mass is 9.71. The Morgan fingerprint density at radius 2 is 1.85 bits per heavy atom. The van der Waals surface area contributed by atoms with E-state index in [2.05, 4.69) is 39.9 Å². The van der Waals surface area contributed by atoms with Gasteiger partial charge in [0.1, 0.15) is 0 Å². The zero-order valence-corrected chi connectivity index (χ0v) is 9.85. The first-order chi connectivity index (χ1) is 5.93. The van der Waals surface area contributed by atoms with E-state index in [4.69, 9.17) is 0 Å². The highest BCUT2D eigenvalue weighted by Crippen LogP contribution is 2.34. The van der Waals surface area contributed by atoms with Crippen LogP contribution in [0, 0.1) is 17.3 Å². The highest BCUT2D eigenvalue weighted by Gasteiger charge is 2.35. The molecule has 1 N–H and O–H groups in total. The summed E-state index contributed by atoms with van der Waals surface area (Å²) in [5.74, 6) is 1.69. The highest BCUT2D eigenvalue weighted by molar-refractivity contribution is 4.90. The van der Waals surface area contributed by atoms with Crippen LogP contribution in [0.1, 0.15) is 47.5 Å². The van der Waals surface area contributed by atoms with Crippen molar-refractivity contribution in [1.29, 1.82) is 0 Å². The summed E-state index contributed by atoms with van der Waals surface area (Å²) in [7, 11) is 0. The second kappa shape index (κ2) is 4.00. The molecule has 0 aromatic rings. The molecule has 1 nitrogen and oxygen atoms in total. The Kier molecular flexibility index (Phi) is 3.39. The van der Waals surface area contributed by atoms with Crippen molar-refractivity contribution in [3.63, 3.8) is 0 Å². The lowest BCUT2D eigenvalue weighted by Gasteiger charge is -2.43. The maximum atomic E-state index is 3.69. The fraction of sp³-hybridized carbons (Fsp3) is 1.00. The van der Waals surface area contributed by atoms with Gasteiger partial charge in [0.05, 0.1) is 0 Å². The summed E-state index contributed by atoms with van der Waals surface area (Å²) in [6, 6.07) is 0.709. The molecule has 0 aliphatic carbocycles. The molecule has 2 atom stereocenters. The number of hydrogen-bond acceptors (Lipinski definition) is 1. The Morgan fingerprint density at radius 1 is 1.23 bits per heavy atom. The first kappa shape index (κ1) is 11.0. The quantitative estimate of drug-likeness (QED) is 0.659. The van der Waals surface area contributed by atoms with Gasteiger partial charge in [-0.25, -0.2) is 0 Å². The van der Waals surface area contributed by atoms with Crippen LogP contribution in [0.5, 0.6) is 0 Å². The van der Waals surface area contributed by atoms with E-state index in [9.17, 15) is 0 Å². The molecule has 0 radical (unpaired) electrons. The molecule has 1 rings (SSSR count). The lowest BCUT2D eigenvalue weighted by Crippen LogP contribution is -2.50. The Labute approximate surface area is 83.3 Å². The van der Waals surface area contributed by atoms with Crippen molar-refractivity contribution in [3.8, 4) is 0 Å². The molecule has 13 heavy (non-hydrogen) atoms. The van der Waals surface area contributed by atoms with Crippen LogP contribution in [-0.2, 0) is 0 Å². The van der Waals surface area contributed by atoms with Crippen molar-refractivity contribution in [2.75, 3.05) is 6.54 Å². The first-order valence-electron chi connectivity index (χ1n) is 5.66. The second-order valence-electron chi connectivity index (χ2n) is 5.85.